The van der Waals surface area contributed by atoms with Crippen LogP contribution in [0.4, 0.5) is 18.9 Å². The van der Waals surface area contributed by atoms with Crippen molar-refractivity contribution < 1.29 is 27.5 Å². The molecule has 1 atom stereocenters. The van der Waals surface area contributed by atoms with Gasteiger partial charge in [-0.3, -0.25) is 9.59 Å². The van der Waals surface area contributed by atoms with E-state index in [9.17, 15) is 22.8 Å². The first-order chi connectivity index (χ1) is 16.1. The van der Waals surface area contributed by atoms with Gasteiger partial charge in [0, 0.05) is 11.3 Å². The van der Waals surface area contributed by atoms with Gasteiger partial charge in [0.2, 0.25) is 6.10 Å². The Labute approximate surface area is 200 Å². The lowest BCUT2D eigenvalue weighted by atomic mass is 9.49. The largest absolute Gasteiger partial charge is 0.447 e. The standard InChI is InChI=1S/C26H25ClF3NO3/c27-21-7-6-19(11-20(21)26(28,29)30)31-23(32)22(18-4-2-1-3-5-18)34-24(33)25-12-15-8-16(13-25)10-17(9-15)14-25/h1-7,11,15-17,22H,8-10,12-14H2,(H,31,32)/t15?,16?,17?,22-,25?/m0/s1. The van der Waals surface area contributed by atoms with Crippen LogP contribution in [-0.4, -0.2) is 11.9 Å². The molecule has 180 valence electrons. The van der Waals surface area contributed by atoms with Crippen LogP contribution in [0.1, 0.15) is 55.8 Å². The first kappa shape index (κ1) is 23.2. The van der Waals surface area contributed by atoms with Crippen molar-refractivity contribution in [2.75, 3.05) is 5.32 Å². The average Bonchev–Trinajstić information content (AvgIpc) is 2.77. The fourth-order valence-electron chi connectivity index (χ4n) is 6.52. The highest BCUT2D eigenvalue weighted by Crippen LogP contribution is 2.60. The Morgan fingerprint density at radius 2 is 1.56 bits per heavy atom. The van der Waals surface area contributed by atoms with Crippen LogP contribution in [0.25, 0.3) is 0 Å². The number of ether oxygens (including phenoxy) is 1. The third-order valence-electron chi connectivity index (χ3n) is 7.58. The monoisotopic (exact) mass is 491 g/mol. The lowest BCUT2D eigenvalue weighted by molar-refractivity contribution is -0.179. The molecule has 0 saturated heterocycles. The molecule has 0 unspecified atom stereocenters. The summed E-state index contributed by atoms with van der Waals surface area (Å²) in [5.41, 5.74) is -1.23. The Morgan fingerprint density at radius 1 is 0.971 bits per heavy atom. The van der Waals surface area contributed by atoms with Crippen LogP contribution in [0.15, 0.2) is 48.5 Å². The summed E-state index contributed by atoms with van der Waals surface area (Å²) in [6.45, 7) is 0. The van der Waals surface area contributed by atoms with E-state index in [1.54, 1.807) is 30.3 Å². The van der Waals surface area contributed by atoms with Gasteiger partial charge in [0.25, 0.3) is 5.91 Å². The van der Waals surface area contributed by atoms with E-state index in [1.165, 1.54) is 6.07 Å². The summed E-state index contributed by atoms with van der Waals surface area (Å²) in [4.78, 5) is 26.7. The zero-order valence-electron chi connectivity index (χ0n) is 18.4. The Morgan fingerprint density at radius 3 is 2.12 bits per heavy atom. The Kier molecular flexibility index (Phi) is 5.87. The summed E-state index contributed by atoms with van der Waals surface area (Å²) >= 11 is 5.69. The smallest absolute Gasteiger partial charge is 0.417 e. The van der Waals surface area contributed by atoms with Gasteiger partial charge in [0.1, 0.15) is 0 Å². The van der Waals surface area contributed by atoms with E-state index >= 15 is 0 Å². The van der Waals surface area contributed by atoms with Crippen molar-refractivity contribution in [1.82, 2.24) is 0 Å². The van der Waals surface area contributed by atoms with E-state index in [-0.39, 0.29) is 11.7 Å². The fraction of sp³-hybridized carbons (Fsp3) is 0.462. The Bertz CT molecular complexity index is 1070. The molecular formula is C26H25ClF3NO3. The van der Waals surface area contributed by atoms with Gasteiger partial charge in [-0.05, 0) is 74.5 Å². The molecular weight excluding hydrogens is 467 g/mol. The highest BCUT2D eigenvalue weighted by Gasteiger charge is 2.56. The van der Waals surface area contributed by atoms with Gasteiger partial charge in [0.15, 0.2) is 0 Å². The van der Waals surface area contributed by atoms with Crippen molar-refractivity contribution in [3.05, 3.63) is 64.7 Å². The minimum absolute atomic E-state index is 0.0755. The van der Waals surface area contributed by atoms with Crippen molar-refractivity contribution >= 4 is 29.2 Å². The molecule has 0 spiro atoms. The van der Waals surface area contributed by atoms with E-state index in [0.717, 1.165) is 50.7 Å². The molecule has 4 fully saturated rings. The summed E-state index contributed by atoms with van der Waals surface area (Å²) in [5, 5.41) is 2.02. The maximum absolute atomic E-state index is 13.5. The molecule has 2 aromatic carbocycles. The van der Waals surface area contributed by atoms with Gasteiger partial charge < -0.3 is 10.1 Å². The zero-order chi connectivity index (χ0) is 24.1. The molecule has 4 aliphatic rings. The molecule has 0 heterocycles. The molecule has 1 N–H and O–H groups in total. The van der Waals surface area contributed by atoms with Crippen molar-refractivity contribution in [2.24, 2.45) is 23.2 Å². The molecule has 0 aromatic heterocycles. The molecule has 4 bridgehead atoms. The molecule has 1 amide bonds. The molecule has 34 heavy (non-hydrogen) atoms. The number of rotatable bonds is 5. The van der Waals surface area contributed by atoms with Crippen molar-refractivity contribution in [2.45, 2.75) is 50.8 Å². The van der Waals surface area contributed by atoms with Crippen molar-refractivity contribution in [1.29, 1.82) is 0 Å². The number of carbonyl (C=O) groups excluding carboxylic acids is 2. The van der Waals surface area contributed by atoms with Crippen molar-refractivity contribution in [3.63, 3.8) is 0 Å². The molecule has 2 aromatic rings. The number of anilines is 1. The van der Waals surface area contributed by atoms with Crippen LogP contribution < -0.4 is 5.32 Å². The van der Waals surface area contributed by atoms with E-state index < -0.39 is 34.2 Å². The molecule has 6 rings (SSSR count). The quantitative estimate of drug-likeness (QED) is 0.468. The SMILES string of the molecule is O=C(Nc1ccc(Cl)c(C(F)(F)F)c1)[C@@H](OC(=O)C12CC3CC(CC(C3)C1)C2)c1ccccc1. The van der Waals surface area contributed by atoms with Gasteiger partial charge in [-0.1, -0.05) is 41.9 Å². The number of hydrogen-bond donors (Lipinski definition) is 1. The van der Waals surface area contributed by atoms with Gasteiger partial charge in [0.05, 0.1) is 16.0 Å². The second-order valence-electron chi connectivity index (χ2n) is 10.1. The number of nitrogens with one attached hydrogen (secondary N) is 1. The number of alkyl halides is 3. The van der Waals surface area contributed by atoms with Crippen LogP contribution in [0.2, 0.25) is 5.02 Å². The molecule has 4 saturated carbocycles. The summed E-state index contributed by atoms with van der Waals surface area (Å²) in [7, 11) is 0. The third-order valence-corrected chi connectivity index (χ3v) is 7.91. The normalized spacial score (nSPS) is 28.4. The average molecular weight is 492 g/mol. The highest BCUT2D eigenvalue weighted by atomic mass is 35.5. The number of amides is 1. The van der Waals surface area contributed by atoms with Gasteiger partial charge in [-0.15, -0.1) is 0 Å². The first-order valence-electron chi connectivity index (χ1n) is 11.6. The highest BCUT2D eigenvalue weighted by molar-refractivity contribution is 6.31. The van der Waals surface area contributed by atoms with Gasteiger partial charge in [-0.25, -0.2) is 0 Å². The second kappa shape index (κ2) is 8.59. The van der Waals surface area contributed by atoms with Crippen LogP contribution >= 0.6 is 11.6 Å². The second-order valence-corrected chi connectivity index (χ2v) is 10.5. The molecule has 4 aliphatic carbocycles. The number of esters is 1. The minimum Gasteiger partial charge on any atom is -0.447 e. The first-order valence-corrected chi connectivity index (χ1v) is 11.9. The number of halogens is 4. The summed E-state index contributed by atoms with van der Waals surface area (Å²) in [5.74, 6) is 0.496. The fourth-order valence-corrected chi connectivity index (χ4v) is 6.75. The number of carbonyl (C=O) groups is 2. The summed E-state index contributed by atoms with van der Waals surface area (Å²) in [6, 6.07) is 11.7. The van der Waals surface area contributed by atoms with Crippen LogP contribution in [-0.2, 0) is 20.5 Å². The Balaban J connectivity index is 1.39. The third kappa shape index (κ3) is 4.42. The van der Waals surface area contributed by atoms with E-state index in [4.69, 9.17) is 16.3 Å². The Hall–Kier alpha value is -2.54. The predicted molar refractivity (Wildman–Crippen MR) is 121 cm³/mol. The van der Waals surface area contributed by atoms with Crippen LogP contribution in [0, 0.1) is 23.2 Å². The van der Waals surface area contributed by atoms with E-state index in [1.807, 2.05) is 0 Å². The maximum Gasteiger partial charge on any atom is 0.417 e. The van der Waals surface area contributed by atoms with Crippen LogP contribution in [0.5, 0.6) is 0 Å². The summed E-state index contributed by atoms with van der Waals surface area (Å²) < 4.78 is 45.6. The number of hydrogen-bond acceptors (Lipinski definition) is 3. The topological polar surface area (TPSA) is 55.4 Å². The lowest BCUT2D eigenvalue weighted by Gasteiger charge is -2.55. The molecule has 8 heteroatoms. The van der Waals surface area contributed by atoms with E-state index in [2.05, 4.69) is 5.32 Å². The van der Waals surface area contributed by atoms with Crippen molar-refractivity contribution in [3.8, 4) is 0 Å². The molecule has 0 radical (unpaired) electrons. The van der Waals surface area contributed by atoms with Gasteiger partial charge >= 0.3 is 12.1 Å². The molecule has 4 nitrogen and oxygen atoms in total. The summed E-state index contributed by atoms with van der Waals surface area (Å²) in [6.07, 6.45) is -0.102. The van der Waals surface area contributed by atoms with E-state index in [0.29, 0.717) is 23.3 Å². The lowest BCUT2D eigenvalue weighted by Crippen LogP contribution is -2.51. The predicted octanol–water partition coefficient (Wildman–Crippen LogP) is 6.80. The zero-order valence-corrected chi connectivity index (χ0v) is 19.2. The number of benzene rings is 2. The molecule has 0 aliphatic heterocycles. The maximum atomic E-state index is 13.5. The minimum atomic E-state index is -4.67. The van der Waals surface area contributed by atoms with Gasteiger partial charge in [-0.2, -0.15) is 13.2 Å². The van der Waals surface area contributed by atoms with Crippen LogP contribution in [0.3, 0.4) is 0 Å².